The van der Waals surface area contributed by atoms with Crippen molar-refractivity contribution >= 4 is 34.5 Å². The summed E-state index contributed by atoms with van der Waals surface area (Å²) < 4.78 is 3.54. The number of hydrogen-bond donors (Lipinski definition) is 1. The normalized spacial score (nSPS) is 12.8. The Kier molecular flexibility index (Phi) is 5.49. The van der Waals surface area contributed by atoms with Crippen LogP contribution in [0.15, 0.2) is 12.1 Å². The van der Waals surface area contributed by atoms with Gasteiger partial charge in [0, 0.05) is 30.3 Å². The Labute approximate surface area is 133 Å². The van der Waals surface area contributed by atoms with Crippen LogP contribution in [-0.4, -0.2) is 16.8 Å². The largest absolute Gasteiger partial charge is 0.313 e. The van der Waals surface area contributed by atoms with Gasteiger partial charge < -0.3 is 5.32 Å². The van der Waals surface area contributed by atoms with E-state index in [2.05, 4.69) is 35.0 Å². The molecule has 0 aromatic carbocycles. The van der Waals surface area contributed by atoms with Crippen LogP contribution in [0.2, 0.25) is 8.67 Å². The molecule has 3 nitrogen and oxygen atoms in total. The van der Waals surface area contributed by atoms with E-state index >= 15 is 0 Å². The van der Waals surface area contributed by atoms with Gasteiger partial charge >= 0.3 is 0 Å². The average Bonchev–Trinajstić information content (AvgIpc) is 2.98. The smallest absolute Gasteiger partial charge is 0.0992 e. The van der Waals surface area contributed by atoms with Crippen molar-refractivity contribution in [3.63, 3.8) is 0 Å². The van der Waals surface area contributed by atoms with Gasteiger partial charge in [-0.2, -0.15) is 5.10 Å². The number of nitrogens with zero attached hydrogens (tertiary/aromatic N) is 2. The van der Waals surface area contributed by atoms with Crippen LogP contribution in [0.1, 0.15) is 36.8 Å². The lowest BCUT2D eigenvalue weighted by atomic mass is 10.0. The lowest BCUT2D eigenvalue weighted by molar-refractivity contribution is 0.541. The number of thiophene rings is 1. The average molecular weight is 332 g/mol. The summed E-state index contributed by atoms with van der Waals surface area (Å²) in [4.78, 5) is 0. The highest BCUT2D eigenvalue weighted by molar-refractivity contribution is 7.20. The van der Waals surface area contributed by atoms with E-state index in [0.29, 0.717) is 0 Å². The van der Waals surface area contributed by atoms with Gasteiger partial charge in [-0.15, -0.1) is 11.3 Å². The molecule has 0 radical (unpaired) electrons. The van der Waals surface area contributed by atoms with E-state index in [-0.39, 0.29) is 6.04 Å². The first-order valence-corrected chi connectivity index (χ1v) is 8.33. The van der Waals surface area contributed by atoms with E-state index in [4.69, 9.17) is 23.2 Å². The van der Waals surface area contributed by atoms with Gasteiger partial charge in [0.15, 0.2) is 0 Å². The van der Waals surface area contributed by atoms with Crippen molar-refractivity contribution in [2.75, 3.05) is 7.05 Å². The van der Waals surface area contributed by atoms with Gasteiger partial charge in [-0.1, -0.05) is 30.1 Å². The van der Waals surface area contributed by atoms with Gasteiger partial charge in [-0.3, -0.25) is 4.68 Å². The first kappa shape index (κ1) is 15.8. The van der Waals surface area contributed by atoms with Crippen LogP contribution >= 0.6 is 34.5 Å². The summed E-state index contributed by atoms with van der Waals surface area (Å²) in [6.45, 7) is 5.11. The number of likely N-dealkylation sites (N-methyl/N-ethyl adjacent to an activating group) is 1. The van der Waals surface area contributed by atoms with Gasteiger partial charge in [0.1, 0.15) is 0 Å². The van der Waals surface area contributed by atoms with Crippen molar-refractivity contribution in [3.05, 3.63) is 37.8 Å². The van der Waals surface area contributed by atoms with Crippen LogP contribution in [-0.2, 0) is 19.4 Å². The molecular weight excluding hydrogens is 313 g/mol. The van der Waals surface area contributed by atoms with Crippen LogP contribution in [0.25, 0.3) is 0 Å². The van der Waals surface area contributed by atoms with Crippen molar-refractivity contribution in [2.24, 2.45) is 0 Å². The predicted octanol–water partition coefficient (Wildman–Crippen LogP) is 4.34. The van der Waals surface area contributed by atoms with Crippen molar-refractivity contribution in [1.82, 2.24) is 15.1 Å². The molecule has 0 aliphatic carbocycles. The second-order valence-electron chi connectivity index (χ2n) is 4.62. The molecule has 1 atom stereocenters. The molecule has 1 unspecified atom stereocenters. The molecule has 2 heterocycles. The first-order chi connectivity index (χ1) is 9.58. The lowest BCUT2D eigenvalue weighted by Gasteiger charge is -2.16. The Morgan fingerprint density at radius 3 is 2.60 bits per heavy atom. The molecule has 0 spiro atoms. The maximum Gasteiger partial charge on any atom is 0.0992 e. The van der Waals surface area contributed by atoms with Gasteiger partial charge in [0.25, 0.3) is 0 Å². The maximum atomic E-state index is 6.26. The zero-order valence-corrected chi connectivity index (χ0v) is 14.2. The third kappa shape index (κ3) is 3.37. The molecule has 6 heteroatoms. The molecule has 0 bridgehead atoms. The predicted molar refractivity (Wildman–Crippen MR) is 87.1 cm³/mol. The number of rotatable bonds is 6. The van der Waals surface area contributed by atoms with Crippen LogP contribution in [0.3, 0.4) is 0 Å². The second-order valence-corrected chi connectivity index (χ2v) is 6.91. The van der Waals surface area contributed by atoms with Gasteiger partial charge in [-0.25, -0.2) is 0 Å². The van der Waals surface area contributed by atoms with Crippen LogP contribution in [0.5, 0.6) is 0 Å². The number of halogens is 2. The van der Waals surface area contributed by atoms with E-state index in [9.17, 15) is 0 Å². The number of hydrogen-bond acceptors (Lipinski definition) is 3. The molecule has 0 aliphatic rings. The molecule has 2 aromatic rings. The SMILES string of the molecule is CCc1cc(CC(NC)c2cc(Cl)sc2Cl)n(CC)n1. The van der Waals surface area contributed by atoms with Crippen molar-refractivity contribution in [1.29, 1.82) is 0 Å². The van der Waals surface area contributed by atoms with E-state index in [1.165, 1.54) is 17.0 Å². The molecule has 0 saturated carbocycles. The molecule has 0 aliphatic heterocycles. The molecule has 2 rings (SSSR count). The summed E-state index contributed by atoms with van der Waals surface area (Å²) in [6, 6.07) is 4.27. The Morgan fingerprint density at radius 1 is 1.35 bits per heavy atom. The molecule has 110 valence electrons. The second kappa shape index (κ2) is 6.94. The summed E-state index contributed by atoms with van der Waals surface area (Å²) in [7, 11) is 1.94. The van der Waals surface area contributed by atoms with Gasteiger partial charge in [-0.05, 0) is 32.5 Å². The van der Waals surface area contributed by atoms with Crippen molar-refractivity contribution in [3.8, 4) is 0 Å². The number of nitrogens with one attached hydrogen (secondary N) is 1. The summed E-state index contributed by atoms with van der Waals surface area (Å²) in [6.07, 6.45) is 1.80. The monoisotopic (exact) mass is 331 g/mol. The van der Waals surface area contributed by atoms with E-state index in [1.54, 1.807) is 0 Å². The summed E-state index contributed by atoms with van der Waals surface area (Å²) in [5.41, 5.74) is 3.42. The molecular formula is C14H19Cl2N3S. The standard InChI is InChI=1S/C14H19Cl2N3S/c1-4-9-6-10(19(5-2)18-9)7-12(17-3)11-8-13(15)20-14(11)16/h6,8,12,17H,4-5,7H2,1-3H3. The zero-order valence-electron chi connectivity index (χ0n) is 11.9. The van der Waals surface area contributed by atoms with E-state index in [1.807, 2.05) is 13.1 Å². The Balaban J connectivity index is 2.26. The van der Waals surface area contributed by atoms with Crippen molar-refractivity contribution in [2.45, 2.75) is 39.3 Å². The summed E-state index contributed by atoms with van der Waals surface area (Å²) in [5.74, 6) is 0. The van der Waals surface area contributed by atoms with E-state index < -0.39 is 0 Å². The third-order valence-electron chi connectivity index (χ3n) is 3.40. The van der Waals surface area contributed by atoms with Gasteiger partial charge in [0.2, 0.25) is 0 Å². The molecule has 1 N–H and O–H groups in total. The van der Waals surface area contributed by atoms with Crippen molar-refractivity contribution < 1.29 is 0 Å². The summed E-state index contributed by atoms with van der Waals surface area (Å²) in [5, 5.41) is 7.91. The van der Waals surface area contributed by atoms with Gasteiger partial charge in [0.05, 0.1) is 14.4 Å². The van der Waals surface area contributed by atoms with E-state index in [0.717, 1.165) is 39.3 Å². The quantitative estimate of drug-likeness (QED) is 0.853. The Bertz CT molecular complexity index is 577. The number of aromatic nitrogens is 2. The highest BCUT2D eigenvalue weighted by atomic mass is 35.5. The summed E-state index contributed by atoms with van der Waals surface area (Å²) >= 11 is 13.7. The van der Waals surface area contributed by atoms with Crippen LogP contribution in [0, 0.1) is 0 Å². The minimum Gasteiger partial charge on any atom is -0.313 e. The molecule has 20 heavy (non-hydrogen) atoms. The zero-order chi connectivity index (χ0) is 14.7. The minimum atomic E-state index is 0.151. The van der Waals surface area contributed by atoms with Crippen LogP contribution < -0.4 is 5.32 Å². The fraction of sp³-hybridized carbons (Fsp3) is 0.500. The lowest BCUT2D eigenvalue weighted by Crippen LogP contribution is -2.20. The molecule has 0 saturated heterocycles. The minimum absolute atomic E-state index is 0.151. The molecule has 0 amide bonds. The third-order valence-corrected chi connectivity index (χ3v) is 4.91. The Morgan fingerprint density at radius 2 is 2.10 bits per heavy atom. The maximum absolute atomic E-state index is 6.26. The fourth-order valence-electron chi connectivity index (χ4n) is 2.29. The Hall–Kier alpha value is -0.550. The molecule has 2 aromatic heterocycles. The fourth-order valence-corrected chi connectivity index (χ4v) is 3.87. The number of aryl methyl sites for hydroxylation is 2. The molecule has 0 fully saturated rings. The highest BCUT2D eigenvalue weighted by Crippen LogP contribution is 2.36. The highest BCUT2D eigenvalue weighted by Gasteiger charge is 2.19. The topological polar surface area (TPSA) is 29.9 Å². The first-order valence-electron chi connectivity index (χ1n) is 6.76. The van der Waals surface area contributed by atoms with Crippen LogP contribution in [0.4, 0.5) is 0 Å².